The van der Waals surface area contributed by atoms with Gasteiger partial charge in [-0.05, 0) is 74.4 Å². The SMILES string of the molecule is CCC(=C\C=C1\N(CCCCS(=O)(=O)O)c2ccccc2C1(C)C)/C(C(/C)=C/C=C1/N(CCCCS(=O)(=O)O)c2ccccc2C1(C)C)=[N+]1/CCCOC1O. The maximum atomic E-state index is 11.4. The molecule has 0 saturated carbocycles. The van der Waals surface area contributed by atoms with Gasteiger partial charge in [0, 0.05) is 64.3 Å². The van der Waals surface area contributed by atoms with Crippen LogP contribution in [0.2, 0.25) is 0 Å². The van der Waals surface area contributed by atoms with E-state index in [0.29, 0.717) is 58.3 Å². The number of allylic oxidation sites excluding steroid dienone is 8. The third-order valence-electron chi connectivity index (χ3n) is 11.0. The van der Waals surface area contributed by atoms with Gasteiger partial charge in [-0.1, -0.05) is 83.2 Å². The normalized spacial score (nSPS) is 22.4. The third-order valence-corrected chi connectivity index (χ3v) is 12.6. The molecule has 3 aliphatic heterocycles. The molecule has 300 valence electrons. The molecule has 3 N–H and O–H groups in total. The van der Waals surface area contributed by atoms with Gasteiger partial charge in [0.25, 0.3) is 20.2 Å². The second-order valence-electron chi connectivity index (χ2n) is 15.7. The summed E-state index contributed by atoms with van der Waals surface area (Å²) in [5, 5.41) is 11.2. The second-order valence-corrected chi connectivity index (χ2v) is 18.8. The van der Waals surface area contributed by atoms with Crippen LogP contribution in [0.15, 0.2) is 95.4 Å². The first-order chi connectivity index (χ1) is 25.9. The smallest absolute Gasteiger partial charge is 0.344 e. The molecule has 11 nitrogen and oxygen atoms in total. The van der Waals surface area contributed by atoms with E-state index in [1.54, 1.807) is 0 Å². The number of aliphatic hydroxyl groups is 1. The molecule has 13 heteroatoms. The molecule has 0 aliphatic carbocycles. The third kappa shape index (κ3) is 9.87. The van der Waals surface area contributed by atoms with Gasteiger partial charge in [-0.2, -0.15) is 21.4 Å². The molecule has 1 unspecified atom stereocenters. The molecular formula is C42H58N3O8S2+. The van der Waals surface area contributed by atoms with Gasteiger partial charge in [-0.3, -0.25) is 13.8 Å². The maximum absolute atomic E-state index is 11.4. The van der Waals surface area contributed by atoms with Gasteiger partial charge in [0.1, 0.15) is 0 Å². The predicted molar refractivity (Wildman–Crippen MR) is 220 cm³/mol. The van der Waals surface area contributed by atoms with Gasteiger partial charge < -0.3 is 14.9 Å². The first-order valence-electron chi connectivity index (χ1n) is 19.3. The van der Waals surface area contributed by atoms with E-state index < -0.39 is 26.7 Å². The summed E-state index contributed by atoms with van der Waals surface area (Å²) in [5.74, 6) is -0.555. The zero-order chi connectivity index (χ0) is 40.2. The number of hydrogen-bond donors (Lipinski definition) is 3. The van der Waals surface area contributed by atoms with Crippen molar-refractivity contribution in [3.8, 4) is 0 Å². The van der Waals surface area contributed by atoms with Crippen molar-refractivity contribution in [3.05, 3.63) is 107 Å². The highest BCUT2D eigenvalue weighted by atomic mass is 32.2. The van der Waals surface area contributed by atoms with Crippen LogP contribution in [0.5, 0.6) is 0 Å². The first-order valence-corrected chi connectivity index (χ1v) is 22.5. The minimum atomic E-state index is -4.04. The highest BCUT2D eigenvalue weighted by Crippen LogP contribution is 2.49. The molecule has 0 bridgehead atoms. The number of rotatable bonds is 15. The highest BCUT2D eigenvalue weighted by molar-refractivity contribution is 7.86. The number of ether oxygens (including phenoxy) is 1. The van der Waals surface area contributed by atoms with E-state index in [2.05, 4.69) is 93.0 Å². The van der Waals surface area contributed by atoms with Crippen LogP contribution in [0, 0.1) is 0 Å². The zero-order valence-corrected chi connectivity index (χ0v) is 34.7. The fourth-order valence-electron chi connectivity index (χ4n) is 8.21. The monoisotopic (exact) mass is 796 g/mol. The van der Waals surface area contributed by atoms with Crippen molar-refractivity contribution in [2.75, 3.05) is 47.5 Å². The summed E-state index contributed by atoms with van der Waals surface area (Å²) < 4.78 is 72.0. The van der Waals surface area contributed by atoms with Crippen LogP contribution in [0.1, 0.15) is 91.2 Å². The van der Waals surface area contributed by atoms with Crippen molar-refractivity contribution in [1.82, 2.24) is 0 Å². The maximum Gasteiger partial charge on any atom is 0.374 e. The molecule has 55 heavy (non-hydrogen) atoms. The Bertz CT molecular complexity index is 2110. The molecule has 2 aromatic carbocycles. The van der Waals surface area contributed by atoms with Crippen LogP contribution in [-0.2, 0) is 35.8 Å². The topological polar surface area (TPSA) is 148 Å². The van der Waals surface area contributed by atoms with Gasteiger partial charge in [-0.25, -0.2) is 0 Å². The Morgan fingerprint density at radius 3 is 1.73 bits per heavy atom. The average molecular weight is 797 g/mol. The van der Waals surface area contributed by atoms with Crippen LogP contribution in [-0.4, -0.2) is 85.5 Å². The number of aliphatic hydroxyl groups excluding tert-OH is 1. The van der Waals surface area contributed by atoms with Crippen molar-refractivity contribution in [3.63, 3.8) is 0 Å². The van der Waals surface area contributed by atoms with Gasteiger partial charge in [0.15, 0.2) is 6.54 Å². The Balaban J connectivity index is 1.56. The Hall–Kier alpha value is -3.59. The van der Waals surface area contributed by atoms with Gasteiger partial charge in [-0.15, -0.1) is 0 Å². The fraction of sp³-hybridized carbons (Fsp3) is 0.500. The Morgan fingerprint density at radius 2 is 1.27 bits per heavy atom. The largest absolute Gasteiger partial charge is 0.374 e. The van der Waals surface area contributed by atoms with E-state index in [0.717, 1.165) is 46.0 Å². The quantitative estimate of drug-likeness (QED) is 0.0968. The van der Waals surface area contributed by atoms with Crippen LogP contribution in [0.4, 0.5) is 11.4 Å². The van der Waals surface area contributed by atoms with Gasteiger partial charge in [0.2, 0.25) is 5.71 Å². The molecule has 3 aliphatic rings. The molecule has 1 saturated heterocycles. The predicted octanol–water partition coefficient (Wildman–Crippen LogP) is 7.12. The average Bonchev–Trinajstić information content (AvgIpc) is 3.47. The Morgan fingerprint density at radius 1 is 0.800 bits per heavy atom. The lowest BCUT2D eigenvalue weighted by molar-refractivity contribution is -0.674. The Labute approximate surface area is 327 Å². The van der Waals surface area contributed by atoms with Crippen molar-refractivity contribution in [2.45, 2.75) is 97.3 Å². The fourth-order valence-corrected chi connectivity index (χ4v) is 9.35. The molecule has 3 heterocycles. The minimum absolute atomic E-state index is 0.278. The van der Waals surface area contributed by atoms with Crippen LogP contribution >= 0.6 is 0 Å². The number of para-hydroxylation sites is 2. The summed E-state index contributed by atoms with van der Waals surface area (Å²) in [6.45, 7) is 15.1. The number of nitrogens with zero attached hydrogens (tertiary/aromatic N) is 3. The van der Waals surface area contributed by atoms with E-state index in [1.165, 1.54) is 11.1 Å². The molecule has 0 radical (unpaired) electrons. The van der Waals surface area contributed by atoms with E-state index in [4.69, 9.17) is 4.74 Å². The number of unbranched alkanes of at least 4 members (excludes halogenated alkanes) is 2. The summed E-state index contributed by atoms with van der Waals surface area (Å²) >= 11 is 0. The van der Waals surface area contributed by atoms with E-state index in [1.807, 2.05) is 35.8 Å². The molecule has 1 fully saturated rings. The molecule has 5 rings (SSSR count). The molecule has 2 aromatic rings. The van der Waals surface area contributed by atoms with Crippen molar-refractivity contribution in [1.29, 1.82) is 0 Å². The molecular weight excluding hydrogens is 739 g/mol. The standard InChI is InChI=1S/C42H57N3O8S2/c1-7-32(22-24-38-42(5,6)34-18-9-11-20-36(34)44(38)26-13-15-30-55(50,51)52)39(45-27-16-28-53-40(45)46)31(2)21-23-37-41(3,4)33-17-8-10-19-35(33)43(37)25-12-14-29-54(47,48)49/h8-11,17-24,40,46H,7,12-16,25-30H2,1-6H3,(H-,47,48,49,50,51,52)/p+1. The van der Waals surface area contributed by atoms with E-state index in [-0.39, 0.29) is 22.3 Å². The zero-order valence-electron chi connectivity index (χ0n) is 33.0. The number of fused-ring (bicyclic) bond motifs is 2. The summed E-state index contributed by atoms with van der Waals surface area (Å²) in [6, 6.07) is 16.5. The number of hydrogen-bond acceptors (Lipinski definition) is 8. The lowest BCUT2D eigenvalue weighted by atomic mass is 9.83. The summed E-state index contributed by atoms with van der Waals surface area (Å²) in [7, 11) is -8.08. The van der Waals surface area contributed by atoms with Gasteiger partial charge >= 0.3 is 6.41 Å². The summed E-state index contributed by atoms with van der Waals surface area (Å²) in [4.78, 5) is 4.49. The van der Waals surface area contributed by atoms with E-state index >= 15 is 0 Å². The lowest BCUT2D eigenvalue weighted by Crippen LogP contribution is -2.40. The van der Waals surface area contributed by atoms with Crippen molar-refractivity contribution >= 4 is 37.3 Å². The molecule has 0 spiro atoms. The molecule has 0 aromatic heterocycles. The highest BCUT2D eigenvalue weighted by Gasteiger charge is 2.41. The Kier molecular flexibility index (Phi) is 13.4. The summed E-state index contributed by atoms with van der Waals surface area (Å²) in [6.07, 6.45) is 10.7. The minimum Gasteiger partial charge on any atom is -0.344 e. The molecule has 0 amide bonds. The van der Waals surface area contributed by atoms with Crippen LogP contribution in [0.25, 0.3) is 0 Å². The van der Waals surface area contributed by atoms with Crippen LogP contribution < -0.4 is 9.80 Å². The number of benzene rings is 2. The van der Waals surface area contributed by atoms with Crippen LogP contribution in [0.3, 0.4) is 0 Å². The van der Waals surface area contributed by atoms with Gasteiger partial charge in [0.05, 0.1) is 18.1 Å². The second kappa shape index (κ2) is 17.3. The van der Waals surface area contributed by atoms with Crippen molar-refractivity contribution < 1.29 is 40.4 Å². The van der Waals surface area contributed by atoms with Crippen molar-refractivity contribution in [2.24, 2.45) is 0 Å². The summed E-state index contributed by atoms with van der Waals surface area (Å²) in [5.41, 5.74) is 8.79. The van der Waals surface area contributed by atoms with E-state index in [9.17, 15) is 31.0 Å². The molecule has 1 atom stereocenters. The lowest BCUT2D eigenvalue weighted by Gasteiger charge is -2.27. The number of anilines is 2. The first kappa shape index (κ1) is 42.6.